The molecule has 0 saturated carbocycles. The lowest BCUT2D eigenvalue weighted by molar-refractivity contribution is 0.0788. The van der Waals surface area contributed by atoms with Gasteiger partial charge < -0.3 is 20.5 Å². The third-order valence-corrected chi connectivity index (χ3v) is 7.55. The number of anilines is 1. The molecular formula is C26H32Cl2FN5O2. The van der Waals surface area contributed by atoms with Gasteiger partial charge in [0.1, 0.15) is 11.9 Å². The lowest BCUT2D eigenvalue weighted by Gasteiger charge is -2.40. The molecule has 2 saturated heterocycles. The molecule has 2 aromatic heterocycles. The monoisotopic (exact) mass is 535 g/mol. The van der Waals surface area contributed by atoms with Gasteiger partial charge in [-0.25, -0.2) is 9.37 Å². The van der Waals surface area contributed by atoms with Crippen molar-refractivity contribution in [3.63, 3.8) is 0 Å². The topological polar surface area (TPSA) is 87.2 Å². The van der Waals surface area contributed by atoms with Crippen molar-refractivity contribution in [1.82, 2.24) is 20.1 Å². The van der Waals surface area contributed by atoms with Crippen LogP contribution in [0.4, 0.5) is 10.2 Å². The normalized spacial score (nSPS) is 22.2. The predicted octanol–water partition coefficient (Wildman–Crippen LogP) is 6.08. The predicted molar refractivity (Wildman–Crippen MR) is 141 cm³/mol. The standard InChI is InChI=1S/C24H26Cl2FN5O2.C2H6/c1-14(21-17(25)2-3-18(27)22(21)26)34-19-8-15(9-30-23(19)28)16-10-31-32(11-16)20-4-6-29-12-24(20)5-7-33-13-24;1-2/h2-3,8-11,14,20,29H,4-7,12-13H2,1H3,(H2,28,30);1-2H3. The largest absolute Gasteiger partial charge is 0.482 e. The first-order chi connectivity index (χ1) is 17.4. The average Bonchev–Trinajstić information content (AvgIpc) is 3.56. The van der Waals surface area contributed by atoms with Gasteiger partial charge in [0.15, 0.2) is 11.6 Å². The smallest absolute Gasteiger partial charge is 0.166 e. The van der Waals surface area contributed by atoms with Gasteiger partial charge in [0, 0.05) is 52.7 Å². The molecule has 3 N–H and O–H groups in total. The maximum absolute atomic E-state index is 14.0. The Kier molecular flexibility index (Phi) is 8.40. The van der Waals surface area contributed by atoms with E-state index < -0.39 is 11.9 Å². The third-order valence-electron chi connectivity index (χ3n) is 6.84. The van der Waals surface area contributed by atoms with Crippen LogP contribution >= 0.6 is 23.2 Å². The highest BCUT2D eigenvalue weighted by Gasteiger charge is 2.45. The van der Waals surface area contributed by atoms with Crippen LogP contribution in [0.1, 0.15) is 51.3 Å². The lowest BCUT2D eigenvalue weighted by Crippen LogP contribution is -2.48. The zero-order chi connectivity index (χ0) is 25.9. The number of nitrogens with zero attached hydrogens (tertiary/aromatic N) is 3. The highest BCUT2D eigenvalue weighted by Crippen LogP contribution is 2.43. The Labute approximate surface area is 221 Å². The van der Waals surface area contributed by atoms with Crippen LogP contribution in [-0.2, 0) is 4.74 Å². The maximum Gasteiger partial charge on any atom is 0.166 e. The first-order valence-electron chi connectivity index (χ1n) is 12.3. The number of rotatable bonds is 5. The summed E-state index contributed by atoms with van der Waals surface area (Å²) in [5, 5.41) is 8.44. The second-order valence-corrected chi connectivity index (χ2v) is 9.76. The summed E-state index contributed by atoms with van der Waals surface area (Å²) in [7, 11) is 0. The Morgan fingerprint density at radius 3 is 2.83 bits per heavy atom. The minimum Gasteiger partial charge on any atom is -0.482 e. The van der Waals surface area contributed by atoms with E-state index in [1.165, 1.54) is 12.1 Å². The second kappa shape index (κ2) is 11.3. The molecule has 0 amide bonds. The summed E-state index contributed by atoms with van der Waals surface area (Å²) in [6, 6.07) is 4.74. The number of ether oxygens (including phenoxy) is 2. The number of hydrogen-bond donors (Lipinski definition) is 2. The molecule has 0 bridgehead atoms. The Hall–Kier alpha value is -2.39. The van der Waals surface area contributed by atoms with Crippen molar-refractivity contribution >= 4 is 29.0 Å². The van der Waals surface area contributed by atoms with Crippen LogP contribution in [0.3, 0.4) is 0 Å². The van der Waals surface area contributed by atoms with Gasteiger partial charge in [0.25, 0.3) is 0 Å². The van der Waals surface area contributed by atoms with E-state index in [0.717, 1.165) is 50.3 Å². The molecule has 0 radical (unpaired) electrons. The lowest BCUT2D eigenvalue weighted by atomic mass is 9.76. The van der Waals surface area contributed by atoms with E-state index in [1.54, 1.807) is 19.2 Å². The highest BCUT2D eigenvalue weighted by atomic mass is 35.5. The van der Waals surface area contributed by atoms with Gasteiger partial charge in [0.2, 0.25) is 0 Å². The third kappa shape index (κ3) is 5.18. The fourth-order valence-corrected chi connectivity index (χ4v) is 5.65. The van der Waals surface area contributed by atoms with Crippen molar-refractivity contribution in [2.45, 2.75) is 45.8 Å². The van der Waals surface area contributed by atoms with E-state index in [9.17, 15) is 4.39 Å². The van der Waals surface area contributed by atoms with E-state index in [0.29, 0.717) is 16.3 Å². The van der Waals surface area contributed by atoms with Crippen LogP contribution in [0.2, 0.25) is 10.0 Å². The van der Waals surface area contributed by atoms with Crippen molar-refractivity contribution in [2.24, 2.45) is 5.41 Å². The zero-order valence-electron chi connectivity index (χ0n) is 20.7. The van der Waals surface area contributed by atoms with Crippen molar-refractivity contribution in [1.29, 1.82) is 0 Å². The van der Waals surface area contributed by atoms with Crippen molar-refractivity contribution in [3.05, 3.63) is 58.2 Å². The maximum atomic E-state index is 14.0. The van der Waals surface area contributed by atoms with Gasteiger partial charge in [-0.15, -0.1) is 0 Å². The molecule has 7 nitrogen and oxygen atoms in total. The van der Waals surface area contributed by atoms with Crippen LogP contribution in [0.15, 0.2) is 36.8 Å². The number of nitrogen functional groups attached to an aromatic ring is 1. The fourth-order valence-electron chi connectivity index (χ4n) is 4.97. The van der Waals surface area contributed by atoms with Gasteiger partial charge in [-0.3, -0.25) is 4.68 Å². The minimum atomic E-state index is -0.644. The van der Waals surface area contributed by atoms with Crippen LogP contribution < -0.4 is 15.8 Å². The molecule has 3 atom stereocenters. The number of piperidine rings is 1. The summed E-state index contributed by atoms with van der Waals surface area (Å²) in [4.78, 5) is 4.30. The number of pyridine rings is 1. The molecule has 4 heterocycles. The second-order valence-electron chi connectivity index (χ2n) is 8.98. The highest BCUT2D eigenvalue weighted by molar-refractivity contribution is 6.36. The molecule has 5 rings (SSSR count). The number of benzene rings is 1. The zero-order valence-corrected chi connectivity index (χ0v) is 22.2. The van der Waals surface area contributed by atoms with Crippen LogP contribution in [0, 0.1) is 11.2 Å². The molecule has 10 heteroatoms. The molecule has 0 aliphatic carbocycles. The quantitative estimate of drug-likeness (QED) is 0.385. The van der Waals surface area contributed by atoms with E-state index in [4.69, 9.17) is 38.4 Å². The fraction of sp³-hybridized carbons (Fsp3) is 0.462. The SMILES string of the molecule is CC.CC(Oc1cc(-c2cnn(C3CCNCC34CCOC4)c2)cnc1N)c1c(Cl)ccc(F)c1Cl. The van der Waals surface area contributed by atoms with E-state index >= 15 is 0 Å². The van der Waals surface area contributed by atoms with Crippen LogP contribution in [0.25, 0.3) is 11.1 Å². The number of halogens is 3. The summed E-state index contributed by atoms with van der Waals surface area (Å²) in [6.45, 7) is 9.14. The first kappa shape index (κ1) is 26.7. The van der Waals surface area contributed by atoms with Crippen LogP contribution in [0.5, 0.6) is 5.75 Å². The van der Waals surface area contributed by atoms with Crippen molar-refractivity contribution in [2.75, 3.05) is 32.0 Å². The number of nitrogens with two attached hydrogens (primary N) is 1. The van der Waals surface area contributed by atoms with E-state index in [2.05, 4.69) is 20.1 Å². The van der Waals surface area contributed by atoms with Gasteiger partial charge in [-0.2, -0.15) is 5.10 Å². The molecule has 3 aromatic rings. The summed E-state index contributed by atoms with van der Waals surface area (Å²) in [6.07, 6.45) is 6.92. The van der Waals surface area contributed by atoms with E-state index in [-0.39, 0.29) is 22.3 Å². The molecule has 2 aliphatic rings. The van der Waals surface area contributed by atoms with Crippen molar-refractivity contribution < 1.29 is 13.9 Å². The number of hydrogen-bond acceptors (Lipinski definition) is 6. The Morgan fingerprint density at radius 1 is 1.28 bits per heavy atom. The molecule has 194 valence electrons. The summed E-state index contributed by atoms with van der Waals surface area (Å²) < 4.78 is 27.8. The summed E-state index contributed by atoms with van der Waals surface area (Å²) >= 11 is 12.4. The van der Waals surface area contributed by atoms with Gasteiger partial charge in [-0.05, 0) is 44.5 Å². The summed E-state index contributed by atoms with van der Waals surface area (Å²) in [5.41, 5.74) is 8.22. The van der Waals surface area contributed by atoms with Gasteiger partial charge >= 0.3 is 0 Å². The molecule has 2 aliphatic heterocycles. The summed E-state index contributed by atoms with van der Waals surface area (Å²) in [5.74, 6) is 0.0100. The molecule has 36 heavy (non-hydrogen) atoms. The molecule has 3 unspecified atom stereocenters. The molecule has 1 spiro atoms. The molecule has 2 fully saturated rings. The minimum absolute atomic E-state index is 0.0636. The first-order valence-corrected chi connectivity index (χ1v) is 13.0. The van der Waals surface area contributed by atoms with E-state index in [1.807, 2.05) is 26.2 Å². The van der Waals surface area contributed by atoms with Crippen molar-refractivity contribution in [3.8, 4) is 16.9 Å². The van der Waals surface area contributed by atoms with Crippen LogP contribution in [-0.4, -0.2) is 41.1 Å². The molecular weight excluding hydrogens is 504 g/mol. The van der Waals surface area contributed by atoms with Gasteiger partial charge in [-0.1, -0.05) is 37.0 Å². The Bertz CT molecular complexity index is 1200. The average molecular weight is 536 g/mol. The van der Waals surface area contributed by atoms with Gasteiger partial charge in [0.05, 0.1) is 23.9 Å². The Balaban J connectivity index is 0.00000148. The molecule has 1 aromatic carbocycles. The number of nitrogens with one attached hydrogen (secondary N) is 1. The number of aromatic nitrogens is 3. The Morgan fingerprint density at radius 2 is 2.08 bits per heavy atom.